The summed E-state index contributed by atoms with van der Waals surface area (Å²) in [4.78, 5) is 24.1. The molecule has 0 amide bonds. The highest BCUT2D eigenvalue weighted by Crippen LogP contribution is 2.40. The fourth-order valence-electron chi connectivity index (χ4n) is 3.12. The van der Waals surface area contributed by atoms with Crippen LogP contribution in [0.15, 0.2) is 24.4 Å². The zero-order valence-electron chi connectivity index (χ0n) is 16.6. The first kappa shape index (κ1) is 21.2. The second-order valence-electron chi connectivity index (χ2n) is 6.81. The van der Waals surface area contributed by atoms with Gasteiger partial charge in [-0.1, -0.05) is 11.6 Å². The van der Waals surface area contributed by atoms with E-state index in [2.05, 4.69) is 15.0 Å². The van der Waals surface area contributed by atoms with Crippen molar-refractivity contribution in [2.24, 2.45) is 0 Å². The summed E-state index contributed by atoms with van der Waals surface area (Å²) in [5, 5.41) is 9.19. The maximum absolute atomic E-state index is 14.7. The van der Waals surface area contributed by atoms with Gasteiger partial charge in [-0.15, -0.1) is 11.3 Å². The lowest BCUT2D eigenvalue weighted by Gasteiger charge is -2.07. The molecule has 160 valence electrons. The van der Waals surface area contributed by atoms with Crippen molar-refractivity contribution in [1.82, 2.24) is 15.0 Å². The molecule has 10 heteroatoms. The number of aromatic nitrogens is 3. The molecule has 4 rings (SSSR count). The van der Waals surface area contributed by atoms with Crippen molar-refractivity contribution in [3.8, 4) is 22.2 Å². The number of rotatable bonds is 7. The van der Waals surface area contributed by atoms with E-state index in [-0.39, 0.29) is 30.2 Å². The van der Waals surface area contributed by atoms with Crippen molar-refractivity contribution >= 4 is 50.2 Å². The summed E-state index contributed by atoms with van der Waals surface area (Å²) in [5.74, 6) is -1.28. The predicted octanol–water partition coefficient (Wildman–Crippen LogP) is 5.26. The molecular weight excluding hydrogens is 445 g/mol. The summed E-state index contributed by atoms with van der Waals surface area (Å²) in [7, 11) is 1.53. The van der Waals surface area contributed by atoms with Crippen LogP contribution in [0.4, 0.5) is 4.39 Å². The van der Waals surface area contributed by atoms with Crippen molar-refractivity contribution < 1.29 is 23.8 Å². The Morgan fingerprint density at radius 3 is 2.81 bits per heavy atom. The molecule has 0 saturated carbocycles. The Labute approximate surface area is 185 Å². The SMILES string of the molecule is COc1cnc2c(-c3nc4c(Cl)c(F)c(OCCCC(=O)O)cc4s3)cc(C)cc2n1. The number of benzene rings is 2. The summed E-state index contributed by atoms with van der Waals surface area (Å²) >= 11 is 7.56. The van der Waals surface area contributed by atoms with E-state index in [9.17, 15) is 9.18 Å². The van der Waals surface area contributed by atoms with Crippen LogP contribution in [-0.2, 0) is 4.79 Å². The Morgan fingerprint density at radius 1 is 1.26 bits per heavy atom. The zero-order chi connectivity index (χ0) is 22.1. The van der Waals surface area contributed by atoms with Crippen LogP contribution < -0.4 is 9.47 Å². The lowest BCUT2D eigenvalue weighted by atomic mass is 10.1. The van der Waals surface area contributed by atoms with Gasteiger partial charge in [-0.2, -0.15) is 0 Å². The van der Waals surface area contributed by atoms with E-state index in [0.29, 0.717) is 32.1 Å². The van der Waals surface area contributed by atoms with Crippen LogP contribution in [0, 0.1) is 12.7 Å². The molecule has 0 bridgehead atoms. The number of aryl methyl sites for hydroxylation is 1. The van der Waals surface area contributed by atoms with Crippen molar-refractivity contribution in [3.63, 3.8) is 0 Å². The molecule has 7 nitrogen and oxygen atoms in total. The van der Waals surface area contributed by atoms with Gasteiger partial charge in [0.1, 0.15) is 15.5 Å². The highest BCUT2D eigenvalue weighted by Gasteiger charge is 2.19. The fraction of sp³-hybridized carbons (Fsp3) is 0.238. The topological polar surface area (TPSA) is 94.4 Å². The molecule has 0 atom stereocenters. The largest absolute Gasteiger partial charge is 0.490 e. The second kappa shape index (κ2) is 8.60. The van der Waals surface area contributed by atoms with Crippen LogP contribution in [0.2, 0.25) is 5.02 Å². The van der Waals surface area contributed by atoms with E-state index in [4.69, 9.17) is 26.2 Å². The molecule has 0 unspecified atom stereocenters. The van der Waals surface area contributed by atoms with Gasteiger partial charge in [0.05, 0.1) is 35.6 Å². The molecule has 31 heavy (non-hydrogen) atoms. The van der Waals surface area contributed by atoms with E-state index in [1.807, 2.05) is 19.1 Å². The monoisotopic (exact) mass is 461 g/mol. The standard InChI is InChI=1S/C21H17ClFN3O4S/c1-10-6-11(19-12(7-10)25-15(29-2)9-24-19)21-26-20-14(31-21)8-13(18(23)17(20)22)30-5-3-4-16(27)28/h6-9H,3-5H2,1-2H3,(H,27,28). The van der Waals surface area contributed by atoms with Gasteiger partial charge < -0.3 is 14.6 Å². The third-order valence-corrected chi connectivity index (χ3v) is 5.91. The van der Waals surface area contributed by atoms with E-state index in [0.717, 1.165) is 11.1 Å². The maximum atomic E-state index is 14.7. The second-order valence-corrected chi connectivity index (χ2v) is 8.22. The zero-order valence-corrected chi connectivity index (χ0v) is 18.2. The van der Waals surface area contributed by atoms with Gasteiger partial charge in [0, 0.05) is 18.1 Å². The first-order valence-electron chi connectivity index (χ1n) is 9.32. The number of thiazole rings is 1. The number of ether oxygens (including phenoxy) is 2. The van der Waals surface area contributed by atoms with E-state index >= 15 is 0 Å². The van der Waals surface area contributed by atoms with Crippen LogP contribution in [-0.4, -0.2) is 39.7 Å². The highest BCUT2D eigenvalue weighted by atomic mass is 35.5. The predicted molar refractivity (Wildman–Crippen MR) is 117 cm³/mol. The Hall–Kier alpha value is -3.04. The molecule has 0 aliphatic heterocycles. The molecule has 2 aromatic heterocycles. The molecule has 0 saturated heterocycles. The van der Waals surface area contributed by atoms with Crippen molar-refractivity contribution in [2.45, 2.75) is 19.8 Å². The third kappa shape index (κ3) is 4.24. The third-order valence-electron chi connectivity index (χ3n) is 4.53. The van der Waals surface area contributed by atoms with E-state index in [1.165, 1.54) is 30.7 Å². The number of hydrogen-bond acceptors (Lipinski definition) is 7. The van der Waals surface area contributed by atoms with E-state index in [1.54, 1.807) is 0 Å². The Morgan fingerprint density at radius 2 is 2.06 bits per heavy atom. The maximum Gasteiger partial charge on any atom is 0.303 e. The Kier molecular flexibility index (Phi) is 5.88. The number of carbonyl (C=O) groups is 1. The van der Waals surface area contributed by atoms with Gasteiger partial charge in [0.25, 0.3) is 0 Å². The van der Waals surface area contributed by atoms with Gasteiger partial charge in [-0.25, -0.2) is 19.3 Å². The van der Waals surface area contributed by atoms with Crippen molar-refractivity contribution in [2.75, 3.05) is 13.7 Å². The van der Waals surface area contributed by atoms with Crippen LogP contribution in [0.3, 0.4) is 0 Å². The summed E-state index contributed by atoms with van der Waals surface area (Å²) in [5.41, 5.74) is 3.35. The molecular formula is C21H17ClFN3O4S. The minimum atomic E-state index is -0.934. The van der Waals surface area contributed by atoms with Crippen molar-refractivity contribution in [1.29, 1.82) is 0 Å². The number of methoxy groups -OCH3 is 1. The Balaban J connectivity index is 1.76. The average molecular weight is 462 g/mol. The number of halogens is 2. The minimum absolute atomic E-state index is 0.0308. The number of fused-ring (bicyclic) bond motifs is 2. The van der Waals surface area contributed by atoms with Crippen LogP contribution in [0.5, 0.6) is 11.6 Å². The van der Waals surface area contributed by atoms with Crippen LogP contribution in [0.25, 0.3) is 31.8 Å². The van der Waals surface area contributed by atoms with Gasteiger partial charge in [0.2, 0.25) is 5.88 Å². The molecule has 0 radical (unpaired) electrons. The molecule has 1 N–H and O–H groups in total. The molecule has 4 aromatic rings. The lowest BCUT2D eigenvalue weighted by molar-refractivity contribution is -0.137. The Bertz CT molecular complexity index is 1310. The molecule has 0 aliphatic carbocycles. The molecule has 0 aliphatic rings. The quantitative estimate of drug-likeness (QED) is 0.375. The van der Waals surface area contributed by atoms with Crippen molar-refractivity contribution in [3.05, 3.63) is 40.8 Å². The van der Waals surface area contributed by atoms with Crippen LogP contribution >= 0.6 is 22.9 Å². The summed E-state index contributed by atoms with van der Waals surface area (Å²) in [6, 6.07) is 5.37. The first-order chi connectivity index (χ1) is 14.9. The van der Waals surface area contributed by atoms with Gasteiger partial charge in [-0.05, 0) is 31.0 Å². The number of hydrogen-bond donors (Lipinski definition) is 1. The smallest absolute Gasteiger partial charge is 0.303 e. The molecule has 2 heterocycles. The van der Waals surface area contributed by atoms with E-state index < -0.39 is 11.8 Å². The summed E-state index contributed by atoms with van der Waals surface area (Å²) < 4.78 is 25.9. The minimum Gasteiger partial charge on any atom is -0.490 e. The highest BCUT2D eigenvalue weighted by molar-refractivity contribution is 7.21. The fourth-order valence-corrected chi connectivity index (χ4v) is 4.43. The lowest BCUT2D eigenvalue weighted by Crippen LogP contribution is -2.03. The van der Waals surface area contributed by atoms with Gasteiger partial charge >= 0.3 is 5.97 Å². The normalized spacial score (nSPS) is 11.2. The average Bonchev–Trinajstić information content (AvgIpc) is 3.17. The number of nitrogens with zero attached hydrogens (tertiary/aromatic N) is 3. The molecule has 0 fully saturated rings. The number of carboxylic acid groups (broad SMARTS) is 1. The summed E-state index contributed by atoms with van der Waals surface area (Å²) in [6.45, 7) is 2.00. The van der Waals surface area contributed by atoms with Gasteiger partial charge in [-0.3, -0.25) is 4.79 Å². The van der Waals surface area contributed by atoms with Gasteiger partial charge in [0.15, 0.2) is 11.6 Å². The number of carboxylic acids is 1. The first-order valence-corrected chi connectivity index (χ1v) is 10.5. The summed E-state index contributed by atoms with van der Waals surface area (Å²) in [6.07, 6.45) is 1.73. The van der Waals surface area contributed by atoms with Crippen LogP contribution in [0.1, 0.15) is 18.4 Å². The molecule has 0 spiro atoms. The number of aliphatic carboxylic acids is 1. The molecule has 2 aromatic carbocycles.